The van der Waals surface area contributed by atoms with E-state index in [1.807, 2.05) is 26.0 Å². The molecule has 1 unspecified atom stereocenters. The predicted octanol–water partition coefficient (Wildman–Crippen LogP) is 2.21. The normalized spacial score (nSPS) is 11.4. The highest BCUT2D eigenvalue weighted by Gasteiger charge is 2.10. The van der Waals surface area contributed by atoms with Gasteiger partial charge in [-0.3, -0.25) is 4.79 Å². The maximum absolute atomic E-state index is 12.2. The van der Waals surface area contributed by atoms with Crippen LogP contribution in [0.2, 0.25) is 0 Å². The topological polar surface area (TPSA) is 49.3 Å². The minimum absolute atomic E-state index is 0.0787. The molecule has 0 saturated heterocycles. The summed E-state index contributed by atoms with van der Waals surface area (Å²) in [6, 6.07) is 5.64. The van der Waals surface area contributed by atoms with E-state index in [4.69, 9.17) is 5.11 Å². The lowest BCUT2D eigenvalue weighted by Crippen LogP contribution is -2.34. The van der Waals surface area contributed by atoms with Gasteiger partial charge in [-0.05, 0) is 43.4 Å². The monoisotopic (exact) mass is 291 g/mol. The van der Waals surface area contributed by atoms with E-state index in [2.05, 4.69) is 24.1 Å². The first-order valence-corrected chi connectivity index (χ1v) is 7.82. The van der Waals surface area contributed by atoms with E-state index >= 15 is 0 Å². The van der Waals surface area contributed by atoms with Crippen LogP contribution in [0.5, 0.6) is 0 Å². The van der Waals surface area contributed by atoms with Gasteiger partial charge in [0.05, 0.1) is 0 Å². The van der Waals surface area contributed by atoms with E-state index in [0.29, 0.717) is 5.56 Å². The van der Waals surface area contributed by atoms with Crippen molar-refractivity contribution < 1.29 is 9.90 Å². The van der Waals surface area contributed by atoms with Crippen LogP contribution in [0.1, 0.15) is 35.3 Å². The highest BCUT2D eigenvalue weighted by Crippen LogP contribution is 2.10. The summed E-state index contributed by atoms with van der Waals surface area (Å²) in [5.41, 5.74) is 2.34. The molecule has 1 aromatic rings. The highest BCUT2D eigenvalue weighted by atomic mass is 32.2. The van der Waals surface area contributed by atoms with E-state index in [9.17, 15) is 4.79 Å². The lowest BCUT2D eigenvalue weighted by atomic mass is 10.1. The average molecular weight is 291 g/mol. The van der Waals surface area contributed by atoms with Gasteiger partial charge in [-0.25, -0.2) is 0 Å². The van der Waals surface area contributed by atoms with Crippen molar-refractivity contribution in [3.05, 3.63) is 34.9 Å². The van der Waals surface area contributed by atoms with Crippen LogP contribution >= 0.6 is 11.8 Å². The zero-order valence-corrected chi connectivity index (χ0v) is 13.0. The third-order valence-corrected chi connectivity index (χ3v) is 3.74. The van der Waals surface area contributed by atoms with Gasteiger partial charge < -0.3 is 10.4 Å². The average Bonchev–Trinajstić information content (AvgIpc) is 2.42. The number of aliphatic hydroxyl groups is 1. The molecule has 3 nitrogen and oxygen atoms in total. The number of amides is 1. The zero-order chi connectivity index (χ0) is 15.0. The molecule has 0 aliphatic rings. The number of aliphatic hydroxyl groups excluding tert-OH is 1. The van der Waals surface area contributed by atoms with Crippen LogP contribution in [0.25, 0.3) is 0 Å². The number of benzene rings is 1. The summed E-state index contributed by atoms with van der Waals surface area (Å²) in [4.78, 5) is 12.2. The van der Waals surface area contributed by atoms with Crippen LogP contribution < -0.4 is 5.32 Å². The Bertz CT molecular complexity index is 517. The SMILES string of the molecule is CCSCC(C)NC(=O)c1cc(C)cc(C#CCO)c1. The standard InChI is InChI=1S/C16H21NO2S/c1-4-20-11-13(3)17-16(19)15-9-12(2)8-14(10-15)6-5-7-18/h8-10,13,18H,4,7,11H2,1-3H3,(H,17,19). The van der Waals surface area contributed by atoms with Crippen molar-refractivity contribution in [2.75, 3.05) is 18.1 Å². The number of carbonyl (C=O) groups excluding carboxylic acids is 1. The maximum Gasteiger partial charge on any atom is 0.251 e. The summed E-state index contributed by atoms with van der Waals surface area (Å²) >= 11 is 1.81. The van der Waals surface area contributed by atoms with Crippen molar-refractivity contribution in [2.24, 2.45) is 0 Å². The van der Waals surface area contributed by atoms with Crippen LogP contribution in [-0.4, -0.2) is 35.2 Å². The third-order valence-electron chi connectivity index (χ3n) is 2.60. The van der Waals surface area contributed by atoms with Gasteiger partial charge in [-0.1, -0.05) is 18.8 Å². The molecule has 0 fully saturated rings. The Labute approximate surface area is 125 Å². The molecular weight excluding hydrogens is 270 g/mol. The van der Waals surface area contributed by atoms with Crippen molar-refractivity contribution >= 4 is 17.7 Å². The molecule has 20 heavy (non-hydrogen) atoms. The van der Waals surface area contributed by atoms with E-state index in [0.717, 1.165) is 22.6 Å². The van der Waals surface area contributed by atoms with Gasteiger partial charge in [0.15, 0.2) is 0 Å². The lowest BCUT2D eigenvalue weighted by Gasteiger charge is -2.13. The molecule has 108 valence electrons. The molecule has 1 atom stereocenters. The van der Waals surface area contributed by atoms with Crippen molar-refractivity contribution in [1.82, 2.24) is 5.32 Å². The van der Waals surface area contributed by atoms with Crippen LogP contribution in [0.15, 0.2) is 18.2 Å². The number of hydrogen-bond acceptors (Lipinski definition) is 3. The minimum atomic E-state index is -0.180. The maximum atomic E-state index is 12.2. The lowest BCUT2D eigenvalue weighted by molar-refractivity contribution is 0.0943. The molecule has 2 N–H and O–H groups in total. The molecule has 0 aromatic heterocycles. The molecule has 1 amide bonds. The summed E-state index contributed by atoms with van der Waals surface area (Å²) in [6.45, 7) is 5.85. The van der Waals surface area contributed by atoms with Gasteiger partial charge in [0.2, 0.25) is 0 Å². The second kappa shape index (κ2) is 8.68. The molecule has 4 heteroatoms. The van der Waals surface area contributed by atoms with Gasteiger partial charge in [-0.2, -0.15) is 11.8 Å². The Kier molecular flexibility index (Phi) is 7.21. The minimum Gasteiger partial charge on any atom is -0.384 e. The zero-order valence-electron chi connectivity index (χ0n) is 12.2. The van der Waals surface area contributed by atoms with Crippen molar-refractivity contribution in [3.8, 4) is 11.8 Å². The van der Waals surface area contributed by atoms with Gasteiger partial charge in [-0.15, -0.1) is 0 Å². The van der Waals surface area contributed by atoms with Crippen LogP contribution in [0.4, 0.5) is 0 Å². The van der Waals surface area contributed by atoms with Crippen molar-refractivity contribution in [2.45, 2.75) is 26.8 Å². The smallest absolute Gasteiger partial charge is 0.251 e. The molecular formula is C16H21NO2S. The largest absolute Gasteiger partial charge is 0.384 e. The molecule has 0 heterocycles. The second-order valence-corrected chi connectivity index (χ2v) is 5.90. The first-order chi connectivity index (χ1) is 9.56. The van der Waals surface area contributed by atoms with Gasteiger partial charge >= 0.3 is 0 Å². The van der Waals surface area contributed by atoms with Crippen LogP contribution in [-0.2, 0) is 0 Å². The Balaban J connectivity index is 2.79. The number of thioether (sulfide) groups is 1. The molecule has 0 bridgehead atoms. The number of hydrogen-bond donors (Lipinski definition) is 2. The molecule has 0 saturated carbocycles. The fourth-order valence-electron chi connectivity index (χ4n) is 1.77. The van der Waals surface area contributed by atoms with Gasteiger partial charge in [0.25, 0.3) is 5.91 Å². The summed E-state index contributed by atoms with van der Waals surface area (Å²) in [5.74, 6) is 7.31. The molecule has 0 aliphatic carbocycles. The first-order valence-electron chi connectivity index (χ1n) is 6.66. The van der Waals surface area contributed by atoms with Gasteiger partial charge in [0.1, 0.15) is 6.61 Å². The second-order valence-electron chi connectivity index (χ2n) is 4.58. The summed E-state index contributed by atoms with van der Waals surface area (Å²) in [5, 5.41) is 11.7. The summed E-state index contributed by atoms with van der Waals surface area (Å²) in [6.07, 6.45) is 0. The molecule has 0 spiro atoms. The molecule has 1 rings (SSSR count). The van der Waals surface area contributed by atoms with E-state index in [-0.39, 0.29) is 18.6 Å². The predicted molar refractivity (Wildman–Crippen MR) is 85.1 cm³/mol. The summed E-state index contributed by atoms with van der Waals surface area (Å²) in [7, 11) is 0. The fraction of sp³-hybridized carbons (Fsp3) is 0.438. The Morgan fingerprint density at radius 3 is 2.85 bits per heavy atom. The molecule has 1 aromatic carbocycles. The summed E-state index contributed by atoms with van der Waals surface area (Å²) < 4.78 is 0. The van der Waals surface area contributed by atoms with Crippen LogP contribution in [0.3, 0.4) is 0 Å². The fourth-order valence-corrected chi connectivity index (χ4v) is 2.44. The number of nitrogens with one attached hydrogen (secondary N) is 1. The number of aryl methyl sites for hydroxylation is 1. The van der Waals surface area contributed by atoms with Crippen molar-refractivity contribution in [1.29, 1.82) is 0 Å². The van der Waals surface area contributed by atoms with Crippen LogP contribution in [0, 0.1) is 18.8 Å². The Morgan fingerprint density at radius 1 is 1.45 bits per heavy atom. The quantitative estimate of drug-likeness (QED) is 0.818. The Morgan fingerprint density at radius 2 is 2.20 bits per heavy atom. The number of carbonyl (C=O) groups is 1. The first kappa shape index (κ1) is 16.6. The highest BCUT2D eigenvalue weighted by molar-refractivity contribution is 7.99. The van der Waals surface area contributed by atoms with E-state index < -0.39 is 0 Å². The van der Waals surface area contributed by atoms with Gasteiger partial charge in [0, 0.05) is 22.9 Å². The van der Waals surface area contributed by atoms with E-state index in [1.54, 1.807) is 17.8 Å². The third kappa shape index (κ3) is 5.68. The molecule has 0 radical (unpaired) electrons. The van der Waals surface area contributed by atoms with E-state index in [1.165, 1.54) is 0 Å². The van der Waals surface area contributed by atoms with Crippen molar-refractivity contribution in [3.63, 3.8) is 0 Å². The Hall–Kier alpha value is -1.44. The molecule has 0 aliphatic heterocycles. The number of rotatable bonds is 5.